The van der Waals surface area contributed by atoms with Gasteiger partial charge in [0.25, 0.3) is 5.82 Å². The molecule has 51 heavy (non-hydrogen) atoms. The minimum Gasteiger partial charge on any atom is -0.463 e. The molecule has 0 aliphatic heterocycles. The molecule has 1 aliphatic carbocycles. The Labute approximate surface area is 305 Å². The number of amides is 3. The van der Waals surface area contributed by atoms with E-state index in [4.69, 9.17) is 37.2 Å². The Bertz CT molecular complexity index is 1900. The molecule has 0 spiro atoms. The van der Waals surface area contributed by atoms with Gasteiger partial charge in [-0.15, -0.1) is 0 Å². The number of methoxy groups -OCH3 is 1. The average Bonchev–Trinajstić information content (AvgIpc) is 3.76. The molecular weight excluding hydrogens is 699 g/mol. The molecule has 272 valence electrons. The molecule has 5 atom stereocenters. The molecular formula is C36H42Cl2N6O7. The molecule has 0 saturated carbocycles. The maximum atomic E-state index is 14.7. The molecule has 0 radical (unpaired) electrons. The smallest absolute Gasteiger partial charge is 0.408 e. The van der Waals surface area contributed by atoms with Crippen LogP contribution in [0.25, 0.3) is 10.9 Å². The number of hydrogen-bond acceptors (Lipinski definition) is 9. The summed E-state index contributed by atoms with van der Waals surface area (Å²) in [5.41, 5.74) is 1.60. The second kappa shape index (κ2) is 16.2. The standard InChI is InChI=1S/C36H42Cl2N6O7/c1-6-19(3)27(41-35(48)50-18-21-11-9-8-10-12-21)31(45)43-36(14-13-26-24(17-36)23-15-22(37)16-25(38)29(23)39-26)34(47)40-28(20(4)7-2)32-42-30(44-51-32)33(46)49-5/h8-12,15-16,19-20,27-28,39H,6-7,13-14,17-18H2,1-5H3,(H,40,47)(H,41,48)(H,43,45)/t19?,20?,27?,28-,36?/m0/s1. The molecule has 2 aromatic carbocycles. The number of nitrogens with zero attached hydrogens (tertiary/aromatic N) is 2. The number of hydrogen-bond donors (Lipinski definition) is 4. The van der Waals surface area contributed by atoms with E-state index < -0.39 is 41.5 Å². The van der Waals surface area contributed by atoms with Gasteiger partial charge in [0.2, 0.25) is 17.7 Å². The third kappa shape index (κ3) is 8.31. The van der Waals surface area contributed by atoms with Crippen LogP contribution in [0, 0.1) is 11.8 Å². The van der Waals surface area contributed by atoms with Gasteiger partial charge in [0.1, 0.15) is 24.2 Å². The molecule has 3 amide bonds. The molecule has 2 heterocycles. The lowest BCUT2D eigenvalue weighted by atomic mass is 9.78. The summed E-state index contributed by atoms with van der Waals surface area (Å²) in [6.07, 6.45) is 1.05. The fourth-order valence-electron chi connectivity index (χ4n) is 6.23. The van der Waals surface area contributed by atoms with Crippen molar-refractivity contribution in [3.8, 4) is 0 Å². The van der Waals surface area contributed by atoms with Crippen LogP contribution in [0.15, 0.2) is 47.0 Å². The van der Waals surface area contributed by atoms with Gasteiger partial charge in [-0.1, -0.05) is 94.1 Å². The maximum Gasteiger partial charge on any atom is 0.408 e. The Hall–Kier alpha value is -4.62. The number of aryl methyl sites for hydroxylation is 1. The van der Waals surface area contributed by atoms with E-state index >= 15 is 0 Å². The van der Waals surface area contributed by atoms with Crippen molar-refractivity contribution in [3.63, 3.8) is 0 Å². The quantitative estimate of drug-likeness (QED) is 0.116. The van der Waals surface area contributed by atoms with Crippen LogP contribution in [0.5, 0.6) is 0 Å². The SMILES string of the molecule is CCC(C)C(NC(=O)OCc1ccccc1)C(=O)NC1(C(=O)N[C@H](c2nc(C(=O)OC)no2)C(C)CC)CCc2[nH]c3c(Cl)cc(Cl)cc3c2C1. The van der Waals surface area contributed by atoms with Gasteiger partial charge < -0.3 is 34.9 Å². The van der Waals surface area contributed by atoms with Crippen molar-refractivity contribution in [2.45, 2.75) is 84.0 Å². The number of H-pyrrole nitrogens is 1. The van der Waals surface area contributed by atoms with E-state index in [-0.39, 0.29) is 43.0 Å². The monoisotopic (exact) mass is 740 g/mol. The lowest BCUT2D eigenvalue weighted by molar-refractivity contribution is -0.136. The van der Waals surface area contributed by atoms with Crippen LogP contribution in [0.1, 0.15) is 86.3 Å². The molecule has 0 fully saturated rings. The normalized spacial score (nSPS) is 17.8. The Morgan fingerprint density at radius 1 is 1.04 bits per heavy atom. The number of halogens is 2. The molecule has 4 N–H and O–H groups in total. The number of aromatic nitrogens is 3. The Morgan fingerprint density at radius 2 is 1.76 bits per heavy atom. The summed E-state index contributed by atoms with van der Waals surface area (Å²) < 4.78 is 15.6. The number of fused-ring (bicyclic) bond motifs is 3. The van der Waals surface area contributed by atoms with E-state index in [9.17, 15) is 19.2 Å². The van der Waals surface area contributed by atoms with E-state index in [2.05, 4.69) is 31.1 Å². The third-order valence-electron chi connectivity index (χ3n) is 9.65. The largest absolute Gasteiger partial charge is 0.463 e. The predicted molar refractivity (Wildman–Crippen MR) is 190 cm³/mol. The Kier molecular flexibility index (Phi) is 11.9. The second-order valence-electron chi connectivity index (χ2n) is 13.0. The topological polar surface area (TPSA) is 178 Å². The highest BCUT2D eigenvalue weighted by atomic mass is 35.5. The highest BCUT2D eigenvalue weighted by molar-refractivity contribution is 6.38. The van der Waals surface area contributed by atoms with Gasteiger partial charge in [-0.05, 0) is 53.1 Å². The lowest BCUT2D eigenvalue weighted by Gasteiger charge is -2.39. The minimum atomic E-state index is -1.51. The first kappa shape index (κ1) is 37.6. The highest BCUT2D eigenvalue weighted by Crippen LogP contribution is 2.39. The van der Waals surface area contributed by atoms with Crippen LogP contribution in [-0.4, -0.2) is 57.7 Å². The molecule has 13 nitrogen and oxygen atoms in total. The summed E-state index contributed by atoms with van der Waals surface area (Å²) in [5, 5.41) is 14.1. The van der Waals surface area contributed by atoms with E-state index in [1.54, 1.807) is 12.1 Å². The van der Waals surface area contributed by atoms with Gasteiger partial charge in [0.15, 0.2) is 0 Å². The van der Waals surface area contributed by atoms with Crippen LogP contribution < -0.4 is 16.0 Å². The molecule has 15 heteroatoms. The van der Waals surface area contributed by atoms with Crippen molar-refractivity contribution in [1.29, 1.82) is 0 Å². The number of ether oxygens (including phenoxy) is 2. The third-order valence-corrected chi connectivity index (χ3v) is 10.2. The van der Waals surface area contributed by atoms with Gasteiger partial charge in [-0.25, -0.2) is 9.59 Å². The molecule has 2 aromatic heterocycles. The van der Waals surface area contributed by atoms with Crippen LogP contribution >= 0.6 is 23.2 Å². The van der Waals surface area contributed by atoms with E-state index in [0.717, 1.165) is 22.2 Å². The molecule has 0 saturated heterocycles. The summed E-state index contributed by atoms with van der Waals surface area (Å²) in [7, 11) is 1.20. The lowest BCUT2D eigenvalue weighted by Crippen LogP contribution is -2.65. The fraction of sp³-hybridized carbons (Fsp3) is 0.444. The van der Waals surface area contributed by atoms with Crippen molar-refractivity contribution >= 4 is 58.0 Å². The first-order valence-corrected chi connectivity index (χ1v) is 17.7. The number of esters is 1. The van der Waals surface area contributed by atoms with Gasteiger partial charge >= 0.3 is 12.1 Å². The summed E-state index contributed by atoms with van der Waals surface area (Å²) in [6, 6.07) is 10.8. The Balaban J connectivity index is 1.49. The molecule has 5 rings (SSSR count). The Morgan fingerprint density at radius 3 is 2.45 bits per heavy atom. The molecule has 1 aliphatic rings. The minimum absolute atomic E-state index is 0.0158. The van der Waals surface area contributed by atoms with Crippen LogP contribution in [-0.2, 0) is 38.5 Å². The summed E-state index contributed by atoms with van der Waals surface area (Å²) in [6.45, 7) is 7.59. The second-order valence-corrected chi connectivity index (χ2v) is 13.8. The van der Waals surface area contributed by atoms with E-state index in [1.165, 1.54) is 7.11 Å². The van der Waals surface area contributed by atoms with Crippen molar-refractivity contribution in [2.75, 3.05) is 7.11 Å². The number of carbonyl (C=O) groups excluding carboxylic acids is 4. The fourth-order valence-corrected chi connectivity index (χ4v) is 6.77. The number of aromatic amines is 1. The van der Waals surface area contributed by atoms with Gasteiger partial charge in [-0.2, -0.15) is 4.98 Å². The zero-order valence-corrected chi connectivity index (χ0v) is 30.6. The number of rotatable bonds is 13. The van der Waals surface area contributed by atoms with E-state index in [0.29, 0.717) is 34.8 Å². The zero-order valence-electron chi connectivity index (χ0n) is 29.1. The van der Waals surface area contributed by atoms with Crippen molar-refractivity contribution < 1.29 is 33.2 Å². The summed E-state index contributed by atoms with van der Waals surface area (Å²) in [5.74, 6) is -2.65. The van der Waals surface area contributed by atoms with E-state index in [1.807, 2.05) is 58.0 Å². The van der Waals surface area contributed by atoms with Crippen molar-refractivity contribution in [2.24, 2.45) is 11.8 Å². The number of carbonyl (C=O) groups is 4. The number of alkyl carbamates (subject to hydrolysis) is 1. The number of nitrogens with one attached hydrogen (secondary N) is 4. The summed E-state index contributed by atoms with van der Waals surface area (Å²) in [4.78, 5) is 61.7. The summed E-state index contributed by atoms with van der Waals surface area (Å²) >= 11 is 13.0. The van der Waals surface area contributed by atoms with Crippen LogP contribution in [0.2, 0.25) is 10.0 Å². The first-order valence-electron chi connectivity index (χ1n) is 16.9. The van der Waals surface area contributed by atoms with Crippen LogP contribution in [0.4, 0.5) is 4.79 Å². The first-order chi connectivity index (χ1) is 24.4. The van der Waals surface area contributed by atoms with Crippen molar-refractivity contribution in [1.82, 2.24) is 31.1 Å². The maximum absolute atomic E-state index is 14.7. The zero-order chi connectivity index (χ0) is 36.9. The van der Waals surface area contributed by atoms with Gasteiger partial charge in [-0.3, -0.25) is 9.59 Å². The molecule has 4 aromatic rings. The molecule has 0 bridgehead atoms. The van der Waals surface area contributed by atoms with Gasteiger partial charge in [0.05, 0.1) is 17.6 Å². The predicted octanol–water partition coefficient (Wildman–Crippen LogP) is 6.23. The number of benzene rings is 2. The van der Waals surface area contributed by atoms with Crippen molar-refractivity contribution in [3.05, 3.63) is 81.0 Å². The van der Waals surface area contributed by atoms with Crippen LogP contribution in [0.3, 0.4) is 0 Å². The average molecular weight is 742 g/mol. The van der Waals surface area contributed by atoms with Gasteiger partial charge in [0, 0.05) is 22.5 Å². The highest BCUT2D eigenvalue weighted by Gasteiger charge is 2.47. The molecule has 4 unspecified atom stereocenters.